The molecule has 0 atom stereocenters. The summed E-state index contributed by atoms with van der Waals surface area (Å²) in [7, 11) is 0. The average Bonchev–Trinajstić information content (AvgIpc) is 3.32. The van der Waals surface area contributed by atoms with Crippen molar-refractivity contribution in [2.45, 2.75) is 32.7 Å². The van der Waals surface area contributed by atoms with E-state index >= 15 is 0 Å². The SMILES string of the molecule is CCn1cc(-c2nc(-c3ccc(N4CCCCC4)cc3)no2)cn1. The topological polar surface area (TPSA) is 60.0 Å². The van der Waals surface area contributed by atoms with Crippen molar-refractivity contribution in [1.82, 2.24) is 19.9 Å². The Bertz CT molecular complexity index is 799. The van der Waals surface area contributed by atoms with Crippen LogP contribution in [0.25, 0.3) is 22.8 Å². The van der Waals surface area contributed by atoms with Crippen molar-refractivity contribution in [1.29, 1.82) is 0 Å². The molecule has 1 aromatic carbocycles. The first kappa shape index (κ1) is 14.9. The van der Waals surface area contributed by atoms with Crippen LogP contribution in [0.15, 0.2) is 41.2 Å². The fraction of sp³-hybridized carbons (Fsp3) is 0.389. The zero-order valence-electron chi connectivity index (χ0n) is 13.9. The summed E-state index contributed by atoms with van der Waals surface area (Å²) in [5, 5.41) is 8.34. The fourth-order valence-electron chi connectivity index (χ4n) is 3.08. The fourth-order valence-corrected chi connectivity index (χ4v) is 3.08. The predicted molar refractivity (Wildman–Crippen MR) is 92.7 cm³/mol. The van der Waals surface area contributed by atoms with E-state index in [9.17, 15) is 0 Å². The summed E-state index contributed by atoms with van der Waals surface area (Å²) in [5.41, 5.74) is 3.08. The highest BCUT2D eigenvalue weighted by molar-refractivity contribution is 5.62. The lowest BCUT2D eigenvalue weighted by Crippen LogP contribution is -2.29. The molecular formula is C18H21N5O. The maximum Gasteiger partial charge on any atom is 0.261 e. The number of anilines is 1. The Balaban J connectivity index is 1.53. The van der Waals surface area contributed by atoms with Crippen molar-refractivity contribution in [3.05, 3.63) is 36.7 Å². The van der Waals surface area contributed by atoms with E-state index in [0.29, 0.717) is 11.7 Å². The van der Waals surface area contributed by atoms with Gasteiger partial charge in [0.25, 0.3) is 5.89 Å². The van der Waals surface area contributed by atoms with Crippen molar-refractivity contribution < 1.29 is 4.52 Å². The molecule has 124 valence electrons. The van der Waals surface area contributed by atoms with E-state index < -0.39 is 0 Å². The number of hydrogen-bond acceptors (Lipinski definition) is 5. The second-order valence-electron chi connectivity index (χ2n) is 6.10. The van der Waals surface area contributed by atoms with Gasteiger partial charge in [-0.15, -0.1) is 0 Å². The van der Waals surface area contributed by atoms with Crippen molar-refractivity contribution in [2.75, 3.05) is 18.0 Å². The van der Waals surface area contributed by atoms with Crippen LogP contribution in [-0.4, -0.2) is 33.0 Å². The summed E-state index contributed by atoms with van der Waals surface area (Å²) >= 11 is 0. The van der Waals surface area contributed by atoms with E-state index in [1.807, 2.05) is 17.8 Å². The molecule has 0 aliphatic carbocycles. The first-order chi connectivity index (χ1) is 11.8. The van der Waals surface area contributed by atoms with Gasteiger partial charge in [-0.2, -0.15) is 10.1 Å². The van der Waals surface area contributed by atoms with E-state index in [-0.39, 0.29) is 0 Å². The quantitative estimate of drug-likeness (QED) is 0.734. The Hall–Kier alpha value is -2.63. The van der Waals surface area contributed by atoms with Gasteiger partial charge in [0, 0.05) is 37.1 Å². The Morgan fingerprint density at radius 3 is 2.54 bits per heavy atom. The smallest absolute Gasteiger partial charge is 0.261 e. The first-order valence-electron chi connectivity index (χ1n) is 8.55. The van der Waals surface area contributed by atoms with Crippen LogP contribution in [0.1, 0.15) is 26.2 Å². The lowest BCUT2D eigenvalue weighted by molar-refractivity contribution is 0.432. The second-order valence-corrected chi connectivity index (χ2v) is 6.10. The maximum absolute atomic E-state index is 5.38. The number of benzene rings is 1. The van der Waals surface area contributed by atoms with Gasteiger partial charge in [0.05, 0.1) is 11.8 Å². The number of nitrogens with zero attached hydrogens (tertiary/aromatic N) is 5. The molecule has 4 rings (SSSR count). The molecule has 6 heteroatoms. The molecule has 0 amide bonds. The molecule has 3 heterocycles. The van der Waals surface area contributed by atoms with Crippen molar-refractivity contribution >= 4 is 5.69 Å². The number of rotatable bonds is 4. The number of aryl methyl sites for hydroxylation is 1. The maximum atomic E-state index is 5.38. The third-order valence-corrected chi connectivity index (χ3v) is 4.48. The largest absolute Gasteiger partial charge is 0.372 e. The minimum atomic E-state index is 0.504. The van der Waals surface area contributed by atoms with Crippen LogP contribution in [0.3, 0.4) is 0 Å². The molecule has 2 aromatic heterocycles. The van der Waals surface area contributed by atoms with Crippen molar-refractivity contribution in [3.8, 4) is 22.8 Å². The molecule has 0 spiro atoms. The molecule has 0 N–H and O–H groups in total. The number of aromatic nitrogens is 4. The molecule has 1 fully saturated rings. The van der Waals surface area contributed by atoms with E-state index in [1.54, 1.807) is 6.20 Å². The van der Waals surface area contributed by atoms with Crippen LogP contribution in [0.2, 0.25) is 0 Å². The van der Waals surface area contributed by atoms with Crippen LogP contribution in [0, 0.1) is 0 Å². The normalized spacial score (nSPS) is 15.0. The average molecular weight is 323 g/mol. The Kier molecular flexibility index (Phi) is 4.02. The highest BCUT2D eigenvalue weighted by atomic mass is 16.5. The van der Waals surface area contributed by atoms with Crippen LogP contribution in [0.4, 0.5) is 5.69 Å². The van der Waals surface area contributed by atoms with E-state index in [2.05, 4.69) is 44.4 Å². The summed E-state index contributed by atoms with van der Waals surface area (Å²) in [6, 6.07) is 8.42. The molecule has 24 heavy (non-hydrogen) atoms. The standard InChI is InChI=1S/C18H21N5O/c1-2-23-13-15(12-19-23)18-20-17(21-24-18)14-6-8-16(9-7-14)22-10-4-3-5-11-22/h6-9,12-13H,2-5,10-11H2,1H3. The zero-order valence-corrected chi connectivity index (χ0v) is 13.9. The van der Waals surface area contributed by atoms with Gasteiger partial charge >= 0.3 is 0 Å². The summed E-state index contributed by atoms with van der Waals surface area (Å²) in [6.45, 7) is 5.15. The highest BCUT2D eigenvalue weighted by Crippen LogP contribution is 2.25. The Labute approximate surface area is 141 Å². The van der Waals surface area contributed by atoms with Gasteiger partial charge in [0.15, 0.2) is 0 Å². The molecular weight excluding hydrogens is 302 g/mol. The van der Waals surface area contributed by atoms with Gasteiger partial charge in [-0.1, -0.05) is 5.16 Å². The van der Waals surface area contributed by atoms with Crippen LogP contribution < -0.4 is 4.90 Å². The molecule has 1 saturated heterocycles. The minimum absolute atomic E-state index is 0.504. The van der Waals surface area contributed by atoms with E-state index in [1.165, 1.54) is 24.9 Å². The molecule has 6 nitrogen and oxygen atoms in total. The molecule has 0 radical (unpaired) electrons. The van der Waals surface area contributed by atoms with Gasteiger partial charge in [-0.05, 0) is 50.5 Å². The number of hydrogen-bond donors (Lipinski definition) is 0. The third kappa shape index (κ3) is 2.91. The summed E-state index contributed by atoms with van der Waals surface area (Å²) in [6.07, 6.45) is 7.56. The van der Waals surface area contributed by atoms with Gasteiger partial charge in [0.1, 0.15) is 0 Å². The van der Waals surface area contributed by atoms with Gasteiger partial charge in [-0.3, -0.25) is 4.68 Å². The lowest BCUT2D eigenvalue weighted by Gasteiger charge is -2.28. The van der Waals surface area contributed by atoms with E-state index in [4.69, 9.17) is 4.52 Å². The molecule has 3 aromatic rings. The molecule has 0 bridgehead atoms. The Morgan fingerprint density at radius 1 is 1.04 bits per heavy atom. The minimum Gasteiger partial charge on any atom is -0.372 e. The summed E-state index contributed by atoms with van der Waals surface area (Å²) in [4.78, 5) is 6.93. The third-order valence-electron chi connectivity index (χ3n) is 4.48. The van der Waals surface area contributed by atoms with Crippen LogP contribution in [-0.2, 0) is 6.54 Å². The predicted octanol–water partition coefficient (Wildman–Crippen LogP) is 3.61. The van der Waals surface area contributed by atoms with Crippen molar-refractivity contribution in [2.24, 2.45) is 0 Å². The summed E-state index contributed by atoms with van der Waals surface area (Å²) in [5.74, 6) is 1.12. The molecule has 1 aliphatic rings. The number of piperidine rings is 1. The monoisotopic (exact) mass is 323 g/mol. The van der Waals surface area contributed by atoms with E-state index in [0.717, 1.165) is 30.8 Å². The van der Waals surface area contributed by atoms with Gasteiger partial charge in [0.2, 0.25) is 5.82 Å². The highest BCUT2D eigenvalue weighted by Gasteiger charge is 2.14. The van der Waals surface area contributed by atoms with Gasteiger partial charge < -0.3 is 9.42 Å². The molecule has 0 saturated carbocycles. The van der Waals surface area contributed by atoms with Gasteiger partial charge in [-0.25, -0.2) is 0 Å². The van der Waals surface area contributed by atoms with Crippen molar-refractivity contribution in [3.63, 3.8) is 0 Å². The summed E-state index contributed by atoms with van der Waals surface area (Å²) < 4.78 is 7.22. The zero-order chi connectivity index (χ0) is 16.4. The lowest BCUT2D eigenvalue weighted by atomic mass is 10.1. The molecule has 1 aliphatic heterocycles. The molecule has 0 unspecified atom stereocenters. The second kappa shape index (κ2) is 6.47. The van der Waals surface area contributed by atoms with Crippen LogP contribution >= 0.6 is 0 Å². The van der Waals surface area contributed by atoms with Crippen LogP contribution in [0.5, 0.6) is 0 Å². The first-order valence-corrected chi connectivity index (χ1v) is 8.55. The Morgan fingerprint density at radius 2 is 1.83 bits per heavy atom.